The number of amides is 2. The summed E-state index contributed by atoms with van der Waals surface area (Å²) < 4.78 is 30.1. The first-order valence-corrected chi connectivity index (χ1v) is 13.6. The van der Waals surface area contributed by atoms with Crippen LogP contribution in [0.1, 0.15) is 55.7 Å². The molecule has 2 amide bonds. The summed E-state index contributed by atoms with van der Waals surface area (Å²) in [7, 11) is 0. The minimum atomic E-state index is -1.31. The van der Waals surface area contributed by atoms with Gasteiger partial charge < -0.3 is 20.6 Å². The van der Waals surface area contributed by atoms with Crippen molar-refractivity contribution in [2.45, 2.75) is 52.5 Å². The van der Waals surface area contributed by atoms with E-state index in [-0.39, 0.29) is 28.7 Å². The third-order valence-corrected chi connectivity index (χ3v) is 7.85. The normalized spacial score (nSPS) is 19.6. The van der Waals surface area contributed by atoms with E-state index < -0.39 is 23.6 Å². The number of nitrogens with one attached hydrogen (secondary N) is 2. The van der Waals surface area contributed by atoms with Crippen LogP contribution in [0, 0.1) is 36.3 Å². The number of anilines is 3. The molecule has 2 aliphatic rings. The number of hydrogen-bond donors (Lipinski definition) is 3. The Morgan fingerprint density at radius 1 is 1.05 bits per heavy atom. The zero-order valence-electron chi connectivity index (χ0n) is 22.7. The number of halogens is 2. The molecule has 1 unspecified atom stereocenters. The first-order valence-electron chi connectivity index (χ1n) is 13.6. The van der Waals surface area contributed by atoms with E-state index in [1.165, 1.54) is 30.9 Å². The number of aromatic carboxylic acids is 1. The van der Waals surface area contributed by atoms with Crippen LogP contribution in [0.3, 0.4) is 0 Å². The molecule has 2 fully saturated rings. The molecule has 8 nitrogen and oxygen atoms in total. The van der Waals surface area contributed by atoms with Crippen molar-refractivity contribution >= 4 is 29.1 Å². The number of carbonyl (C=O) groups is 2. The zero-order valence-corrected chi connectivity index (χ0v) is 22.7. The molecular weight excluding hydrogens is 516 g/mol. The summed E-state index contributed by atoms with van der Waals surface area (Å²) in [5.74, 6) is -0.767. The molecule has 2 saturated carbocycles. The van der Waals surface area contributed by atoms with Gasteiger partial charge in [-0.3, -0.25) is 0 Å². The number of nitrogens with zero attached hydrogens (tertiary/aromatic N) is 3. The van der Waals surface area contributed by atoms with E-state index in [9.17, 15) is 19.1 Å². The Hall–Kier alpha value is -4.08. The number of rotatable bonds is 8. The number of fused-ring (bicyclic) bond motifs is 2. The summed E-state index contributed by atoms with van der Waals surface area (Å²) in [4.78, 5) is 35.4. The molecule has 2 aromatic carbocycles. The third kappa shape index (κ3) is 5.76. The van der Waals surface area contributed by atoms with Gasteiger partial charge in [0.2, 0.25) is 0 Å². The van der Waals surface area contributed by atoms with Crippen LogP contribution in [-0.4, -0.2) is 39.7 Å². The number of urea groups is 1. The van der Waals surface area contributed by atoms with E-state index in [2.05, 4.69) is 39.3 Å². The van der Waals surface area contributed by atoms with Crippen molar-refractivity contribution in [2.75, 3.05) is 22.1 Å². The number of carboxylic acid groups (broad SMARTS) is 1. The molecule has 1 aromatic heterocycles. The molecule has 2 aliphatic carbocycles. The van der Waals surface area contributed by atoms with Gasteiger partial charge in [-0.05, 0) is 74.3 Å². The van der Waals surface area contributed by atoms with Crippen LogP contribution in [0.15, 0.2) is 42.7 Å². The minimum Gasteiger partial charge on any atom is -0.478 e. The fourth-order valence-corrected chi connectivity index (χ4v) is 6.17. The summed E-state index contributed by atoms with van der Waals surface area (Å²) >= 11 is 0. The molecule has 1 heterocycles. The second kappa shape index (κ2) is 11.2. The smallest absolute Gasteiger partial charge is 0.336 e. The summed E-state index contributed by atoms with van der Waals surface area (Å²) in [6.45, 7) is 6.56. The molecule has 40 heavy (non-hydrogen) atoms. The number of carboxylic acids is 1. The van der Waals surface area contributed by atoms with Crippen LogP contribution >= 0.6 is 0 Å². The van der Waals surface area contributed by atoms with Gasteiger partial charge in [-0.15, -0.1) is 0 Å². The Bertz CT molecular complexity index is 1430. The molecule has 210 valence electrons. The summed E-state index contributed by atoms with van der Waals surface area (Å²) in [5, 5.41) is 15.2. The fourth-order valence-electron chi connectivity index (χ4n) is 6.17. The summed E-state index contributed by atoms with van der Waals surface area (Å²) in [6.07, 6.45) is 7.41. The lowest BCUT2D eigenvalue weighted by atomic mass is 9.92. The summed E-state index contributed by atoms with van der Waals surface area (Å²) in [6, 6.07) is 5.47. The Labute approximate surface area is 231 Å². The maximum Gasteiger partial charge on any atom is 0.336 e. The highest BCUT2D eigenvalue weighted by Crippen LogP contribution is 2.49. The zero-order chi connectivity index (χ0) is 28.6. The molecule has 0 radical (unpaired) electrons. The Morgan fingerprint density at radius 2 is 1.80 bits per heavy atom. The van der Waals surface area contributed by atoms with E-state index in [0.717, 1.165) is 37.5 Å². The van der Waals surface area contributed by atoms with Gasteiger partial charge in [-0.2, -0.15) is 0 Å². The Kier molecular flexibility index (Phi) is 7.69. The topological polar surface area (TPSA) is 107 Å². The molecule has 3 atom stereocenters. The van der Waals surface area contributed by atoms with Crippen molar-refractivity contribution in [1.82, 2.24) is 9.97 Å². The average Bonchev–Trinajstić information content (AvgIpc) is 3.53. The average molecular weight is 550 g/mol. The lowest BCUT2D eigenvalue weighted by Gasteiger charge is -2.39. The Balaban J connectivity index is 1.60. The van der Waals surface area contributed by atoms with Crippen molar-refractivity contribution < 1.29 is 23.5 Å². The van der Waals surface area contributed by atoms with Crippen molar-refractivity contribution in [2.24, 2.45) is 17.8 Å². The van der Waals surface area contributed by atoms with Gasteiger partial charge in [0.1, 0.15) is 17.5 Å². The largest absolute Gasteiger partial charge is 0.478 e. The van der Waals surface area contributed by atoms with Crippen LogP contribution in [0.4, 0.5) is 30.6 Å². The first-order chi connectivity index (χ1) is 19.1. The molecule has 0 spiro atoms. The number of hydrogen-bond acceptors (Lipinski definition) is 5. The van der Waals surface area contributed by atoms with Gasteiger partial charge in [0.05, 0.1) is 35.0 Å². The van der Waals surface area contributed by atoms with Crippen LogP contribution in [-0.2, 0) is 0 Å². The van der Waals surface area contributed by atoms with Gasteiger partial charge in [0, 0.05) is 23.7 Å². The number of aryl methyl sites for hydroxylation is 1. The standard InChI is InChI=1S/C30H33F2N5O3/c1-16(2)15-37(27-9-18-4-5-19(27)8-18)28-12-25(32)24(23-10-20(31)6-7-22(23)29(38)39)11-26(28)36-30(40)35-21-13-33-17(3)34-14-21/h6-7,10-14,16,18-19,27H,4-5,8-9,15H2,1-3H3,(H,38,39)(H2,35,36,40)/t18-,19+,27?/m0/s1. The maximum atomic E-state index is 15.9. The van der Waals surface area contributed by atoms with Crippen LogP contribution in [0.5, 0.6) is 0 Å². The minimum absolute atomic E-state index is 0.109. The monoisotopic (exact) mass is 549 g/mol. The molecule has 5 rings (SSSR count). The third-order valence-electron chi connectivity index (χ3n) is 7.85. The van der Waals surface area contributed by atoms with Crippen LogP contribution in [0.2, 0.25) is 0 Å². The maximum absolute atomic E-state index is 15.9. The van der Waals surface area contributed by atoms with Gasteiger partial charge in [0.15, 0.2) is 0 Å². The number of benzene rings is 2. The van der Waals surface area contributed by atoms with Gasteiger partial charge in [0.25, 0.3) is 0 Å². The van der Waals surface area contributed by atoms with E-state index in [4.69, 9.17) is 0 Å². The number of carbonyl (C=O) groups excluding carboxylic acids is 1. The van der Waals surface area contributed by atoms with Crippen LogP contribution < -0.4 is 15.5 Å². The van der Waals surface area contributed by atoms with Crippen LogP contribution in [0.25, 0.3) is 11.1 Å². The SMILES string of the molecule is Cc1ncc(NC(=O)Nc2cc(-c3cc(F)ccc3C(=O)O)c(F)cc2N(CC(C)C)C2C[C@H]3CC[C@@H]2C3)cn1. The summed E-state index contributed by atoms with van der Waals surface area (Å²) in [5.41, 5.74) is 0.709. The van der Waals surface area contributed by atoms with Crippen molar-refractivity contribution in [3.05, 3.63) is 65.7 Å². The molecule has 2 bridgehead atoms. The molecule has 10 heteroatoms. The molecule has 0 aliphatic heterocycles. The Morgan fingerprint density at radius 3 is 2.42 bits per heavy atom. The fraction of sp³-hybridized carbons (Fsp3) is 0.400. The van der Waals surface area contributed by atoms with Gasteiger partial charge >= 0.3 is 12.0 Å². The predicted octanol–water partition coefficient (Wildman–Crippen LogP) is 6.72. The highest BCUT2D eigenvalue weighted by molar-refractivity contribution is 6.03. The lowest BCUT2D eigenvalue weighted by molar-refractivity contribution is 0.0697. The van der Waals surface area contributed by atoms with Crippen molar-refractivity contribution in [3.63, 3.8) is 0 Å². The molecule has 0 saturated heterocycles. The second-order valence-electron chi connectivity index (χ2n) is 11.2. The molecular formula is C30H33F2N5O3. The quantitative estimate of drug-likeness (QED) is 0.288. The van der Waals surface area contributed by atoms with E-state index in [1.54, 1.807) is 6.92 Å². The predicted molar refractivity (Wildman–Crippen MR) is 150 cm³/mol. The van der Waals surface area contributed by atoms with Gasteiger partial charge in [-0.25, -0.2) is 28.3 Å². The second-order valence-corrected chi connectivity index (χ2v) is 11.2. The highest BCUT2D eigenvalue weighted by Gasteiger charge is 2.43. The van der Waals surface area contributed by atoms with Crippen molar-refractivity contribution in [3.8, 4) is 11.1 Å². The van der Waals surface area contributed by atoms with E-state index >= 15 is 4.39 Å². The van der Waals surface area contributed by atoms with Crippen molar-refractivity contribution in [1.29, 1.82) is 0 Å². The lowest BCUT2D eigenvalue weighted by Crippen LogP contribution is -2.42. The molecule has 3 N–H and O–H groups in total. The van der Waals surface area contributed by atoms with Gasteiger partial charge in [-0.1, -0.05) is 20.3 Å². The van der Waals surface area contributed by atoms with E-state index in [1.807, 2.05) is 0 Å². The van der Waals surface area contributed by atoms with E-state index in [0.29, 0.717) is 41.3 Å². The molecule has 3 aromatic rings. The highest BCUT2D eigenvalue weighted by atomic mass is 19.1. The first kappa shape index (κ1) is 27.5. The number of aromatic nitrogens is 2.